The molecule has 35 heavy (non-hydrogen) atoms. The van der Waals surface area contributed by atoms with E-state index in [9.17, 15) is 25.2 Å². The van der Waals surface area contributed by atoms with E-state index in [4.69, 9.17) is 0 Å². The van der Waals surface area contributed by atoms with Gasteiger partial charge in [-0.1, -0.05) is 53.2 Å². The zero-order valence-corrected chi connectivity index (χ0v) is 22.9. The molecule has 0 heterocycles. The molecule has 0 aliphatic heterocycles. The summed E-state index contributed by atoms with van der Waals surface area (Å²) in [5, 5.41) is 44.3. The lowest BCUT2D eigenvalue weighted by atomic mass is 9.33. The number of fused-ring (bicyclic) bond motifs is 7. The Kier molecular flexibility index (Phi) is 5.40. The van der Waals surface area contributed by atoms with Crippen LogP contribution >= 0.6 is 0 Å². The predicted molar refractivity (Wildman–Crippen MR) is 135 cm³/mol. The predicted octanol–water partition coefficient (Wildman–Crippen LogP) is 5.18. The highest BCUT2D eigenvalue weighted by molar-refractivity contribution is 5.77. The first kappa shape index (κ1) is 25.7. The quantitative estimate of drug-likeness (QED) is 0.382. The molecule has 0 aromatic carbocycles. The van der Waals surface area contributed by atoms with E-state index < -0.39 is 29.2 Å². The van der Waals surface area contributed by atoms with Gasteiger partial charge in [0.05, 0.1) is 23.2 Å². The molecule has 5 aliphatic rings. The van der Waals surface area contributed by atoms with Crippen LogP contribution in [0.5, 0.6) is 0 Å². The number of hydrogen-bond acceptors (Lipinski definition) is 4. The fraction of sp³-hybridized carbons (Fsp3) is 0.900. The van der Waals surface area contributed by atoms with Crippen LogP contribution < -0.4 is 0 Å². The molecule has 6 unspecified atom stereocenters. The molecule has 4 fully saturated rings. The van der Waals surface area contributed by atoms with Crippen LogP contribution in [0.1, 0.15) is 99.8 Å². The zero-order valence-electron chi connectivity index (χ0n) is 22.9. The summed E-state index contributed by atoms with van der Waals surface area (Å²) in [6.45, 7) is 15.3. The molecule has 4 N–H and O–H groups in total. The molecule has 0 bridgehead atoms. The van der Waals surface area contributed by atoms with Crippen molar-refractivity contribution in [3.05, 3.63) is 11.6 Å². The minimum Gasteiger partial charge on any atom is -0.481 e. The molecule has 4 saturated carbocycles. The molecule has 0 aromatic heterocycles. The SMILES string of the molecule is CC1CC[C@]2(C(=O)O)CCC3(C)C(=CCC4[C@@]5(C)CC(O)[C@H](O)C(C)(C)C5CC[C@]43C)C2[C@]1(C)O. The normalized spacial score (nSPS) is 57.1. The first-order valence-electron chi connectivity index (χ1n) is 14.0. The van der Waals surface area contributed by atoms with E-state index in [2.05, 4.69) is 47.6 Å². The minimum atomic E-state index is -1.05. The van der Waals surface area contributed by atoms with Gasteiger partial charge in [-0.05, 0) is 97.7 Å². The minimum absolute atomic E-state index is 0.0535. The zero-order chi connectivity index (χ0) is 26.0. The van der Waals surface area contributed by atoms with Crippen molar-refractivity contribution >= 4 is 5.97 Å². The van der Waals surface area contributed by atoms with Crippen molar-refractivity contribution < 1.29 is 25.2 Å². The molecular formula is C30H48O5. The Morgan fingerprint density at radius 3 is 2.23 bits per heavy atom. The first-order valence-corrected chi connectivity index (χ1v) is 14.0. The van der Waals surface area contributed by atoms with Gasteiger partial charge in [0.25, 0.3) is 0 Å². The van der Waals surface area contributed by atoms with Crippen LogP contribution in [0, 0.1) is 50.7 Å². The van der Waals surface area contributed by atoms with Crippen molar-refractivity contribution in [1.29, 1.82) is 0 Å². The Balaban J connectivity index is 1.65. The third-order valence-corrected chi connectivity index (χ3v) is 13.4. The van der Waals surface area contributed by atoms with Gasteiger partial charge in [0.1, 0.15) is 0 Å². The summed E-state index contributed by atoms with van der Waals surface area (Å²) < 4.78 is 0. The van der Waals surface area contributed by atoms with Crippen LogP contribution in [0.4, 0.5) is 0 Å². The monoisotopic (exact) mass is 488 g/mol. The second-order valence-electron chi connectivity index (χ2n) is 14.9. The van der Waals surface area contributed by atoms with E-state index in [1.54, 1.807) is 0 Å². The summed E-state index contributed by atoms with van der Waals surface area (Å²) in [6.07, 6.45) is 7.21. The summed E-state index contributed by atoms with van der Waals surface area (Å²) in [4.78, 5) is 12.8. The van der Waals surface area contributed by atoms with Gasteiger partial charge < -0.3 is 20.4 Å². The molecule has 5 aliphatic carbocycles. The molecule has 0 aromatic rings. The molecule has 0 radical (unpaired) electrons. The van der Waals surface area contributed by atoms with Gasteiger partial charge >= 0.3 is 5.97 Å². The largest absolute Gasteiger partial charge is 0.481 e. The van der Waals surface area contributed by atoms with Crippen LogP contribution in [0.2, 0.25) is 0 Å². The van der Waals surface area contributed by atoms with E-state index in [0.29, 0.717) is 31.1 Å². The smallest absolute Gasteiger partial charge is 0.310 e. The number of hydrogen-bond donors (Lipinski definition) is 4. The lowest BCUT2D eigenvalue weighted by molar-refractivity contribution is -0.237. The topological polar surface area (TPSA) is 98.0 Å². The highest BCUT2D eigenvalue weighted by Gasteiger charge is 2.71. The molecule has 5 heteroatoms. The highest BCUT2D eigenvalue weighted by Crippen LogP contribution is 2.76. The van der Waals surface area contributed by atoms with Crippen LogP contribution in [-0.4, -0.2) is 44.2 Å². The molecule has 5 rings (SSSR count). The van der Waals surface area contributed by atoms with Gasteiger partial charge in [0.15, 0.2) is 0 Å². The van der Waals surface area contributed by atoms with E-state index in [-0.39, 0.29) is 33.5 Å². The number of rotatable bonds is 1. The molecule has 0 saturated heterocycles. The Bertz CT molecular complexity index is 952. The molecule has 0 spiro atoms. The summed E-state index contributed by atoms with van der Waals surface area (Å²) in [5.41, 5.74) is -1.46. The van der Waals surface area contributed by atoms with Crippen LogP contribution in [0.25, 0.3) is 0 Å². The van der Waals surface area contributed by atoms with E-state index >= 15 is 0 Å². The van der Waals surface area contributed by atoms with Crippen molar-refractivity contribution in [2.24, 2.45) is 50.7 Å². The number of carboxylic acid groups (broad SMARTS) is 1. The molecular weight excluding hydrogens is 440 g/mol. The lowest BCUT2D eigenvalue weighted by Gasteiger charge is -2.72. The number of allylic oxidation sites excluding steroid dienone is 1. The average Bonchev–Trinajstić information content (AvgIpc) is 2.75. The Morgan fingerprint density at radius 2 is 1.60 bits per heavy atom. The molecule has 11 atom stereocenters. The summed E-state index contributed by atoms with van der Waals surface area (Å²) in [5.74, 6) is -0.394. The Hall–Kier alpha value is -0.910. The second-order valence-corrected chi connectivity index (χ2v) is 14.9. The van der Waals surface area contributed by atoms with E-state index in [1.165, 1.54) is 5.57 Å². The van der Waals surface area contributed by atoms with Crippen LogP contribution in [0.3, 0.4) is 0 Å². The fourth-order valence-corrected chi connectivity index (χ4v) is 11.0. The van der Waals surface area contributed by atoms with Gasteiger partial charge in [-0.3, -0.25) is 4.79 Å². The number of carbonyl (C=O) groups is 1. The Labute approximate surface area is 211 Å². The summed E-state index contributed by atoms with van der Waals surface area (Å²) >= 11 is 0. The van der Waals surface area contributed by atoms with Gasteiger partial charge in [-0.2, -0.15) is 0 Å². The number of aliphatic hydroxyl groups is 3. The van der Waals surface area contributed by atoms with E-state index in [1.807, 2.05) is 6.92 Å². The first-order chi connectivity index (χ1) is 16.0. The summed E-state index contributed by atoms with van der Waals surface area (Å²) in [7, 11) is 0. The van der Waals surface area contributed by atoms with Crippen molar-refractivity contribution in [2.45, 2.75) is 118 Å². The van der Waals surface area contributed by atoms with Gasteiger partial charge in [0.2, 0.25) is 0 Å². The third-order valence-electron chi connectivity index (χ3n) is 13.4. The van der Waals surface area contributed by atoms with Crippen molar-refractivity contribution in [3.8, 4) is 0 Å². The van der Waals surface area contributed by atoms with Crippen molar-refractivity contribution in [3.63, 3.8) is 0 Å². The number of aliphatic carboxylic acids is 1. The average molecular weight is 489 g/mol. The number of aliphatic hydroxyl groups excluding tert-OH is 2. The van der Waals surface area contributed by atoms with E-state index in [0.717, 1.165) is 32.1 Å². The maximum atomic E-state index is 12.8. The van der Waals surface area contributed by atoms with Gasteiger partial charge in [-0.15, -0.1) is 0 Å². The molecule has 0 amide bonds. The maximum Gasteiger partial charge on any atom is 0.310 e. The number of carboxylic acids is 1. The van der Waals surface area contributed by atoms with Crippen LogP contribution in [-0.2, 0) is 4.79 Å². The molecule has 198 valence electrons. The maximum absolute atomic E-state index is 12.8. The summed E-state index contributed by atoms with van der Waals surface area (Å²) in [6, 6.07) is 0. The van der Waals surface area contributed by atoms with Gasteiger partial charge in [0, 0.05) is 5.92 Å². The van der Waals surface area contributed by atoms with Gasteiger partial charge in [-0.25, -0.2) is 0 Å². The standard InChI is InChI=1S/C30H48O5/c1-17-10-13-30(24(33)34)15-14-27(5)18(22(30)29(17,7)35)8-9-21-26(4)16-19(31)23(32)25(2,3)20(26)11-12-28(21,27)6/h8,17,19-23,31-32,35H,9-16H2,1-7H3,(H,33,34)/t17?,19?,20?,21?,22?,23-,26-,27?,28+,29+,30-/m0/s1. The van der Waals surface area contributed by atoms with Crippen LogP contribution in [0.15, 0.2) is 11.6 Å². The fourth-order valence-electron chi connectivity index (χ4n) is 11.0. The lowest BCUT2D eigenvalue weighted by Crippen LogP contribution is -2.68. The Morgan fingerprint density at radius 1 is 0.943 bits per heavy atom. The van der Waals surface area contributed by atoms with Crippen molar-refractivity contribution in [2.75, 3.05) is 0 Å². The highest BCUT2D eigenvalue weighted by atomic mass is 16.4. The third kappa shape index (κ3) is 2.90. The molecule has 5 nitrogen and oxygen atoms in total. The second kappa shape index (κ2) is 7.35. The van der Waals surface area contributed by atoms with Crippen molar-refractivity contribution in [1.82, 2.24) is 0 Å².